The fourth-order valence-corrected chi connectivity index (χ4v) is 4.64. The summed E-state index contributed by atoms with van der Waals surface area (Å²) in [7, 11) is 0. The van der Waals surface area contributed by atoms with Gasteiger partial charge in [0.15, 0.2) is 5.11 Å². The molecule has 1 fully saturated rings. The summed E-state index contributed by atoms with van der Waals surface area (Å²) in [6.07, 6.45) is 1.53. The molecule has 34 heavy (non-hydrogen) atoms. The highest BCUT2D eigenvalue weighted by atomic mass is 79.9. The lowest BCUT2D eigenvalue weighted by Gasteiger charge is -2.29. The molecule has 2 amide bonds. The number of nitrogens with zero attached hydrogens (tertiary/aromatic N) is 2. The molecule has 2 aromatic carbocycles. The molecule has 0 atom stereocenters. The van der Waals surface area contributed by atoms with Gasteiger partial charge in [-0.05, 0) is 85.6 Å². The molecule has 1 saturated heterocycles. The fraction of sp³-hybridized carbons (Fsp3) is 0.192. The summed E-state index contributed by atoms with van der Waals surface area (Å²) in [6, 6.07) is 14.2. The van der Waals surface area contributed by atoms with Crippen molar-refractivity contribution in [2.45, 2.75) is 33.6 Å². The molecule has 0 radical (unpaired) electrons. The molecule has 3 aromatic rings. The smallest absolute Gasteiger partial charge is 0.270 e. The second kappa shape index (κ2) is 9.27. The van der Waals surface area contributed by atoms with E-state index in [-0.39, 0.29) is 16.5 Å². The van der Waals surface area contributed by atoms with Gasteiger partial charge in [0.2, 0.25) is 0 Å². The summed E-state index contributed by atoms with van der Waals surface area (Å²) >= 11 is 8.58. The lowest BCUT2D eigenvalue weighted by atomic mass is 10.0. The van der Waals surface area contributed by atoms with Crippen molar-refractivity contribution in [3.63, 3.8) is 0 Å². The Kier molecular flexibility index (Phi) is 6.55. The largest absolute Gasteiger partial charge is 0.315 e. The zero-order valence-corrected chi connectivity index (χ0v) is 21.6. The first kappa shape index (κ1) is 24.0. The normalized spacial score (nSPS) is 15.4. The number of nitrogens with one attached hydrogen (secondary N) is 1. The molecule has 0 unspecified atom stereocenters. The summed E-state index contributed by atoms with van der Waals surface area (Å²) < 4.78 is 17.0. The van der Waals surface area contributed by atoms with Crippen molar-refractivity contribution >= 4 is 56.8 Å². The maximum absolute atomic E-state index is 14.6. The number of amides is 2. The van der Waals surface area contributed by atoms with Crippen molar-refractivity contribution in [1.29, 1.82) is 0 Å². The van der Waals surface area contributed by atoms with Crippen LogP contribution in [0.15, 0.2) is 58.6 Å². The zero-order valence-electron chi connectivity index (χ0n) is 19.1. The molecule has 0 bridgehead atoms. The van der Waals surface area contributed by atoms with Crippen molar-refractivity contribution in [1.82, 2.24) is 9.88 Å². The number of halogens is 2. The maximum Gasteiger partial charge on any atom is 0.270 e. The summed E-state index contributed by atoms with van der Waals surface area (Å²) in [4.78, 5) is 27.4. The first-order valence-electron chi connectivity index (χ1n) is 10.7. The quantitative estimate of drug-likeness (QED) is 0.253. The molecular formula is C26H23BrFN3O2S. The van der Waals surface area contributed by atoms with Crippen molar-refractivity contribution in [3.8, 4) is 5.69 Å². The van der Waals surface area contributed by atoms with Gasteiger partial charge in [-0.2, -0.15) is 0 Å². The number of rotatable bonds is 4. The molecular weight excluding hydrogens is 517 g/mol. The number of hydrogen-bond acceptors (Lipinski definition) is 3. The molecule has 1 aliphatic heterocycles. The minimum absolute atomic E-state index is 0.0341. The minimum Gasteiger partial charge on any atom is -0.315 e. The van der Waals surface area contributed by atoms with Crippen molar-refractivity contribution in [3.05, 3.63) is 86.9 Å². The van der Waals surface area contributed by atoms with E-state index in [2.05, 4.69) is 35.1 Å². The number of hydrogen-bond donors (Lipinski definition) is 1. The third-order valence-electron chi connectivity index (χ3n) is 5.84. The van der Waals surface area contributed by atoms with E-state index < -0.39 is 11.8 Å². The van der Waals surface area contributed by atoms with Crippen LogP contribution in [0.3, 0.4) is 0 Å². The maximum atomic E-state index is 14.6. The van der Waals surface area contributed by atoms with Crippen LogP contribution in [0, 0.1) is 19.7 Å². The van der Waals surface area contributed by atoms with Gasteiger partial charge in [-0.3, -0.25) is 19.8 Å². The summed E-state index contributed by atoms with van der Waals surface area (Å²) in [5, 5.41) is 2.65. The van der Waals surface area contributed by atoms with E-state index in [1.165, 1.54) is 17.0 Å². The molecule has 1 aliphatic rings. The van der Waals surface area contributed by atoms with Gasteiger partial charge in [-0.25, -0.2) is 4.39 Å². The first-order valence-corrected chi connectivity index (χ1v) is 11.9. The number of thiocarbonyl (C=S) groups is 1. The lowest BCUT2D eigenvalue weighted by Crippen LogP contribution is -2.54. The average molecular weight is 540 g/mol. The van der Waals surface area contributed by atoms with Crippen LogP contribution >= 0.6 is 28.1 Å². The second-order valence-electron chi connectivity index (χ2n) is 8.46. The number of anilines is 1. The van der Waals surface area contributed by atoms with Crippen LogP contribution in [0.25, 0.3) is 11.8 Å². The van der Waals surface area contributed by atoms with Crippen LogP contribution in [-0.4, -0.2) is 21.5 Å². The Morgan fingerprint density at radius 2 is 1.74 bits per heavy atom. The van der Waals surface area contributed by atoms with E-state index in [0.717, 1.165) is 11.3 Å². The third kappa shape index (κ3) is 4.35. The molecule has 0 saturated carbocycles. The molecule has 2 heterocycles. The van der Waals surface area contributed by atoms with Crippen molar-refractivity contribution in [2.24, 2.45) is 0 Å². The van der Waals surface area contributed by atoms with E-state index in [4.69, 9.17) is 12.2 Å². The van der Waals surface area contributed by atoms with E-state index in [9.17, 15) is 14.0 Å². The summed E-state index contributed by atoms with van der Waals surface area (Å²) in [6.45, 7) is 7.84. The molecule has 0 spiro atoms. The van der Waals surface area contributed by atoms with E-state index in [1.807, 2.05) is 44.2 Å². The van der Waals surface area contributed by atoms with Crippen LogP contribution in [0.2, 0.25) is 0 Å². The van der Waals surface area contributed by atoms with E-state index in [1.54, 1.807) is 16.7 Å². The highest BCUT2D eigenvalue weighted by Crippen LogP contribution is 2.28. The second-order valence-corrected chi connectivity index (χ2v) is 9.76. The Labute approximate surface area is 211 Å². The molecule has 0 aliphatic carbocycles. The Hall–Kier alpha value is -3.10. The topological polar surface area (TPSA) is 54.3 Å². The Bertz CT molecular complexity index is 1360. The highest BCUT2D eigenvalue weighted by Gasteiger charge is 2.34. The number of carbonyl (C=O) groups is 2. The van der Waals surface area contributed by atoms with Gasteiger partial charge in [0.05, 0.1) is 11.4 Å². The van der Waals surface area contributed by atoms with Gasteiger partial charge in [0.25, 0.3) is 11.8 Å². The van der Waals surface area contributed by atoms with Crippen LogP contribution in [-0.2, 0) is 9.59 Å². The monoisotopic (exact) mass is 539 g/mol. The minimum atomic E-state index is -0.565. The average Bonchev–Trinajstić information content (AvgIpc) is 3.04. The van der Waals surface area contributed by atoms with Crippen LogP contribution < -0.4 is 10.2 Å². The van der Waals surface area contributed by atoms with E-state index >= 15 is 0 Å². The Morgan fingerprint density at radius 3 is 2.35 bits per heavy atom. The lowest BCUT2D eigenvalue weighted by molar-refractivity contribution is -0.122. The van der Waals surface area contributed by atoms with Crippen molar-refractivity contribution < 1.29 is 14.0 Å². The Morgan fingerprint density at radius 1 is 1.06 bits per heavy atom. The molecule has 8 heteroatoms. The molecule has 1 aromatic heterocycles. The highest BCUT2D eigenvalue weighted by molar-refractivity contribution is 9.10. The molecule has 4 rings (SSSR count). The number of carbonyl (C=O) groups excluding carboxylic acids is 2. The molecule has 1 N–H and O–H groups in total. The SMILES string of the molecule is Cc1cc(/C=C2\C(=O)NC(=S)N(c3ccc(C(C)C)cc3)C2=O)c(C)n1-c1ccc(Br)cc1F. The van der Waals surface area contributed by atoms with Gasteiger partial charge in [-0.15, -0.1) is 0 Å². The standard InChI is InChI=1S/C26H23BrFN3O2S/c1-14(2)17-5-8-20(9-6-17)31-25(33)21(24(32)29-26(31)34)12-18-11-15(3)30(16(18)4)23-10-7-19(27)13-22(23)28/h5-14H,1-4H3,(H,29,32,34)/b21-12+. The van der Waals surface area contributed by atoms with Crippen LogP contribution in [0.4, 0.5) is 10.1 Å². The zero-order chi connectivity index (χ0) is 24.7. The van der Waals surface area contributed by atoms with Gasteiger partial charge < -0.3 is 4.57 Å². The first-order chi connectivity index (χ1) is 16.1. The van der Waals surface area contributed by atoms with Crippen molar-refractivity contribution in [2.75, 3.05) is 4.90 Å². The molecule has 5 nitrogen and oxygen atoms in total. The summed E-state index contributed by atoms with van der Waals surface area (Å²) in [5.74, 6) is -1.11. The molecule has 174 valence electrons. The third-order valence-corrected chi connectivity index (χ3v) is 6.62. The van der Waals surface area contributed by atoms with Gasteiger partial charge >= 0.3 is 0 Å². The predicted molar refractivity (Wildman–Crippen MR) is 140 cm³/mol. The summed E-state index contributed by atoms with van der Waals surface area (Å²) in [5.41, 5.74) is 4.16. The van der Waals surface area contributed by atoms with Gasteiger partial charge in [0, 0.05) is 15.9 Å². The van der Waals surface area contributed by atoms with Crippen LogP contribution in [0.1, 0.15) is 42.3 Å². The van der Waals surface area contributed by atoms with Crippen LogP contribution in [0.5, 0.6) is 0 Å². The van der Waals surface area contributed by atoms with E-state index in [0.29, 0.717) is 33.0 Å². The number of aryl methyl sites for hydroxylation is 1. The Balaban J connectivity index is 1.74. The number of benzene rings is 2. The fourth-order valence-electron chi connectivity index (χ4n) is 4.02. The number of aromatic nitrogens is 1. The van der Waals surface area contributed by atoms with Gasteiger partial charge in [-0.1, -0.05) is 41.9 Å². The predicted octanol–water partition coefficient (Wildman–Crippen LogP) is 5.95. The van der Waals surface area contributed by atoms with Gasteiger partial charge in [0.1, 0.15) is 11.4 Å².